The number of rotatable bonds is 4. The summed E-state index contributed by atoms with van der Waals surface area (Å²) in [5.74, 6) is -0.568. The Morgan fingerprint density at radius 1 is 1.18 bits per heavy atom. The minimum atomic E-state index is -4.77. The summed E-state index contributed by atoms with van der Waals surface area (Å²) in [6.07, 6.45) is -3.44. The predicted octanol–water partition coefficient (Wildman–Crippen LogP) is 3.62. The van der Waals surface area contributed by atoms with E-state index in [1.54, 1.807) is 25.1 Å². The molecule has 0 aliphatic carbocycles. The minimum Gasteiger partial charge on any atom is -0.406 e. The summed E-state index contributed by atoms with van der Waals surface area (Å²) in [6, 6.07) is 11.5. The quantitative estimate of drug-likeness (QED) is 0.721. The number of fused-ring (bicyclic) bond motifs is 1. The maximum Gasteiger partial charge on any atom is 0.573 e. The molecule has 11 heteroatoms. The molecule has 2 unspecified atom stereocenters. The van der Waals surface area contributed by atoms with E-state index in [1.807, 2.05) is 4.90 Å². The van der Waals surface area contributed by atoms with Gasteiger partial charge in [-0.2, -0.15) is 8.42 Å². The molecule has 0 saturated carbocycles. The van der Waals surface area contributed by atoms with Crippen LogP contribution in [-0.4, -0.2) is 44.5 Å². The molecule has 4 rings (SSSR count). The molecule has 0 spiro atoms. The number of nitrogens with one attached hydrogen (secondary N) is 1. The highest BCUT2D eigenvalue weighted by Crippen LogP contribution is 2.30. The minimum absolute atomic E-state index is 0.165. The maximum absolute atomic E-state index is 12.9. The molecule has 1 saturated heterocycles. The van der Waals surface area contributed by atoms with Crippen molar-refractivity contribution >= 4 is 21.8 Å². The van der Waals surface area contributed by atoms with Crippen molar-refractivity contribution in [1.82, 2.24) is 10.2 Å². The van der Waals surface area contributed by atoms with Gasteiger partial charge in [0, 0.05) is 18.7 Å². The Labute approximate surface area is 189 Å². The van der Waals surface area contributed by atoms with Gasteiger partial charge in [0.15, 0.2) is 5.84 Å². The van der Waals surface area contributed by atoms with Gasteiger partial charge in [0.05, 0.1) is 12.0 Å². The fourth-order valence-corrected chi connectivity index (χ4v) is 5.30. The van der Waals surface area contributed by atoms with Gasteiger partial charge < -0.3 is 15.0 Å². The molecule has 2 aliphatic heterocycles. The van der Waals surface area contributed by atoms with Crippen molar-refractivity contribution in [1.29, 1.82) is 0 Å². The van der Waals surface area contributed by atoms with Crippen LogP contribution in [0.4, 0.5) is 13.2 Å². The molecule has 176 valence electrons. The number of alkyl halides is 3. The lowest BCUT2D eigenvalue weighted by atomic mass is 9.95. The van der Waals surface area contributed by atoms with Gasteiger partial charge in [-0.1, -0.05) is 24.3 Å². The number of benzene rings is 2. The standard InChI is InChI=1S/C22H22F3N3O4S/c1-14(15-8-10-17(11-9-15)32-22(23,24)25)26-21(29)16-5-4-12-28(13-16)20-18-6-2-3-7-19(18)33(30,31)27-20/h2-3,6-11,14,16H,4-5,12-13H2,1H3,(H,26,29). The molecule has 2 aromatic rings. The zero-order valence-electron chi connectivity index (χ0n) is 17.7. The topological polar surface area (TPSA) is 88.1 Å². The molecule has 0 radical (unpaired) electrons. The van der Waals surface area contributed by atoms with Crippen LogP contribution in [0, 0.1) is 5.92 Å². The lowest BCUT2D eigenvalue weighted by Gasteiger charge is -2.34. The first-order valence-electron chi connectivity index (χ1n) is 10.4. The van der Waals surface area contributed by atoms with E-state index in [0.29, 0.717) is 42.9 Å². The SMILES string of the molecule is CC(NC(=O)C1CCCN(C2=NS(=O)(=O)c3ccccc32)C1)c1ccc(OC(F)(F)F)cc1. The van der Waals surface area contributed by atoms with Gasteiger partial charge in [0.25, 0.3) is 10.0 Å². The zero-order chi connectivity index (χ0) is 23.8. The molecule has 33 heavy (non-hydrogen) atoms. The highest BCUT2D eigenvalue weighted by atomic mass is 32.2. The number of likely N-dealkylation sites (tertiary alicyclic amines) is 1. The second-order valence-corrected chi connectivity index (χ2v) is 9.59. The van der Waals surface area contributed by atoms with Gasteiger partial charge in [-0.25, -0.2) is 0 Å². The number of amidine groups is 1. The van der Waals surface area contributed by atoms with Crippen LogP contribution in [0.1, 0.15) is 36.9 Å². The first-order chi connectivity index (χ1) is 15.5. The molecule has 7 nitrogen and oxygen atoms in total. The largest absolute Gasteiger partial charge is 0.573 e. The van der Waals surface area contributed by atoms with Crippen LogP contribution in [-0.2, 0) is 14.8 Å². The van der Waals surface area contributed by atoms with E-state index < -0.39 is 22.4 Å². The Balaban J connectivity index is 1.41. The third-order valence-corrected chi connectivity index (χ3v) is 7.00. The van der Waals surface area contributed by atoms with E-state index in [0.717, 1.165) is 0 Å². The number of nitrogens with zero attached hydrogens (tertiary/aromatic N) is 2. The van der Waals surface area contributed by atoms with E-state index in [1.165, 1.54) is 30.3 Å². The number of hydrogen-bond donors (Lipinski definition) is 1. The molecule has 1 N–H and O–H groups in total. The van der Waals surface area contributed by atoms with E-state index >= 15 is 0 Å². The van der Waals surface area contributed by atoms with Crippen molar-refractivity contribution in [2.45, 2.75) is 37.1 Å². The summed E-state index contributed by atoms with van der Waals surface area (Å²) >= 11 is 0. The molecule has 0 aromatic heterocycles. The van der Waals surface area contributed by atoms with Gasteiger partial charge >= 0.3 is 6.36 Å². The average Bonchev–Trinajstić information content (AvgIpc) is 3.04. The third kappa shape index (κ3) is 5.13. The molecular formula is C22H22F3N3O4S. The number of ether oxygens (including phenoxy) is 1. The summed E-state index contributed by atoms with van der Waals surface area (Å²) in [4.78, 5) is 14.9. The molecule has 2 heterocycles. The van der Waals surface area contributed by atoms with Crippen LogP contribution in [0.25, 0.3) is 0 Å². The lowest BCUT2D eigenvalue weighted by molar-refractivity contribution is -0.274. The number of piperidine rings is 1. The maximum atomic E-state index is 12.9. The highest BCUT2D eigenvalue weighted by molar-refractivity contribution is 7.90. The van der Waals surface area contributed by atoms with E-state index in [4.69, 9.17) is 0 Å². The summed E-state index contributed by atoms with van der Waals surface area (Å²) in [7, 11) is -3.75. The van der Waals surface area contributed by atoms with Gasteiger partial charge in [-0.3, -0.25) is 4.79 Å². The number of hydrogen-bond acceptors (Lipinski definition) is 5. The number of carbonyl (C=O) groups excluding carboxylic acids is 1. The van der Waals surface area contributed by atoms with Crippen LogP contribution in [0.15, 0.2) is 57.8 Å². The first-order valence-corrected chi connectivity index (χ1v) is 11.8. The number of halogens is 3. The second kappa shape index (κ2) is 8.69. The first kappa shape index (κ1) is 23.1. The normalized spacial score (nSPS) is 20.5. The van der Waals surface area contributed by atoms with Crippen molar-refractivity contribution in [2.24, 2.45) is 10.3 Å². The van der Waals surface area contributed by atoms with Crippen molar-refractivity contribution in [3.05, 3.63) is 59.7 Å². The summed E-state index contributed by atoms with van der Waals surface area (Å²) in [5.41, 5.74) is 1.17. The average molecular weight is 481 g/mol. The van der Waals surface area contributed by atoms with Crippen molar-refractivity contribution < 1.29 is 31.1 Å². The molecule has 2 aliphatic rings. The number of carbonyl (C=O) groups is 1. The lowest BCUT2D eigenvalue weighted by Crippen LogP contribution is -2.45. The van der Waals surface area contributed by atoms with Crippen LogP contribution in [0.3, 0.4) is 0 Å². The highest BCUT2D eigenvalue weighted by Gasteiger charge is 2.35. The molecule has 2 atom stereocenters. The molecule has 0 bridgehead atoms. The Bertz CT molecular complexity index is 1180. The molecule has 1 amide bonds. The predicted molar refractivity (Wildman–Crippen MR) is 114 cm³/mol. The number of amides is 1. The van der Waals surface area contributed by atoms with Gasteiger partial charge in [0.1, 0.15) is 10.6 Å². The fraction of sp³-hybridized carbons (Fsp3) is 0.364. The Hall–Kier alpha value is -3.08. The summed E-state index contributed by atoms with van der Waals surface area (Å²) in [5, 5.41) is 2.89. The van der Waals surface area contributed by atoms with Gasteiger partial charge in [0.2, 0.25) is 5.91 Å². The molecule has 2 aromatic carbocycles. The summed E-state index contributed by atoms with van der Waals surface area (Å²) < 4.78 is 69.5. The Morgan fingerprint density at radius 2 is 1.88 bits per heavy atom. The van der Waals surface area contributed by atoms with Gasteiger partial charge in [-0.15, -0.1) is 17.6 Å². The third-order valence-electron chi connectivity index (χ3n) is 5.68. The monoisotopic (exact) mass is 481 g/mol. The molecular weight excluding hydrogens is 459 g/mol. The number of sulfonamides is 1. The zero-order valence-corrected chi connectivity index (χ0v) is 18.5. The smallest absolute Gasteiger partial charge is 0.406 e. The van der Waals surface area contributed by atoms with E-state index in [9.17, 15) is 26.4 Å². The fourth-order valence-electron chi connectivity index (χ4n) is 4.07. The van der Waals surface area contributed by atoms with Crippen LogP contribution in [0.2, 0.25) is 0 Å². The van der Waals surface area contributed by atoms with E-state index in [-0.39, 0.29) is 22.5 Å². The van der Waals surface area contributed by atoms with Crippen LogP contribution >= 0.6 is 0 Å². The van der Waals surface area contributed by atoms with Crippen molar-refractivity contribution in [3.8, 4) is 5.75 Å². The van der Waals surface area contributed by atoms with Crippen molar-refractivity contribution in [3.63, 3.8) is 0 Å². The Kier molecular flexibility index (Phi) is 6.08. The van der Waals surface area contributed by atoms with Gasteiger partial charge in [-0.05, 0) is 49.6 Å². The molecule has 1 fully saturated rings. The second-order valence-electron chi connectivity index (χ2n) is 8.02. The van der Waals surface area contributed by atoms with Crippen molar-refractivity contribution in [2.75, 3.05) is 13.1 Å². The summed E-state index contributed by atoms with van der Waals surface area (Å²) in [6.45, 7) is 2.64. The Morgan fingerprint density at radius 3 is 2.58 bits per heavy atom. The van der Waals surface area contributed by atoms with Crippen LogP contribution < -0.4 is 10.1 Å². The van der Waals surface area contributed by atoms with E-state index in [2.05, 4.69) is 14.5 Å². The van der Waals surface area contributed by atoms with Crippen LogP contribution in [0.5, 0.6) is 5.75 Å².